The molecule has 0 saturated carbocycles. The van der Waals surface area contributed by atoms with Gasteiger partial charge < -0.3 is 0 Å². The third kappa shape index (κ3) is 2.59. The lowest BCUT2D eigenvalue weighted by molar-refractivity contribution is -0.137. The zero-order valence-corrected chi connectivity index (χ0v) is 9.94. The second-order valence-electron chi connectivity index (χ2n) is 2.03. The van der Waals surface area contributed by atoms with Crippen molar-refractivity contribution < 1.29 is 21.6 Å². The van der Waals surface area contributed by atoms with E-state index >= 15 is 0 Å². The number of hydrogen-bond acceptors (Lipinski definition) is 4. The van der Waals surface area contributed by atoms with Gasteiger partial charge in [-0.2, -0.15) is 13.2 Å². The quantitative estimate of drug-likeness (QED) is 0.744. The summed E-state index contributed by atoms with van der Waals surface area (Å²) in [6.45, 7) is 0. The molecule has 0 aliphatic carbocycles. The van der Waals surface area contributed by atoms with Crippen molar-refractivity contribution in [1.29, 1.82) is 0 Å². The van der Waals surface area contributed by atoms with Crippen LogP contribution in [0.4, 0.5) is 13.2 Å². The molecule has 0 aromatic carbocycles. The molecule has 0 aliphatic rings. The van der Waals surface area contributed by atoms with E-state index in [1.165, 1.54) is 0 Å². The lowest BCUT2D eigenvalue weighted by Gasteiger charge is -1.98. The van der Waals surface area contributed by atoms with Crippen LogP contribution in [-0.2, 0) is 15.2 Å². The molecule has 0 bridgehead atoms. The Labute approximate surface area is 93.5 Å². The van der Waals surface area contributed by atoms with E-state index in [-0.39, 0.29) is 11.3 Å². The Morgan fingerprint density at radius 1 is 1.43 bits per heavy atom. The maximum Gasteiger partial charge on any atom is 0.443 e. The number of halogens is 5. The summed E-state index contributed by atoms with van der Waals surface area (Å²) in [7, 11) is 0.681. The molecule has 0 saturated heterocycles. The number of aromatic nitrogens is 1. The van der Waals surface area contributed by atoms with Gasteiger partial charge >= 0.3 is 6.18 Å². The minimum atomic E-state index is -4.67. The maximum atomic E-state index is 12.1. The summed E-state index contributed by atoms with van der Waals surface area (Å²) in [5.74, 6) is 0. The van der Waals surface area contributed by atoms with E-state index in [4.69, 9.17) is 10.7 Å². The van der Waals surface area contributed by atoms with Crippen molar-refractivity contribution in [1.82, 2.24) is 4.98 Å². The Balaban J connectivity index is 3.33. The highest BCUT2D eigenvalue weighted by atomic mass is 79.9. The number of alkyl halides is 3. The second kappa shape index (κ2) is 3.62. The standard InChI is InChI=1S/C4BrClF3NO2S2/c5-1-2(14(6,11)12)13-3(10-1)4(7,8)9. The number of nitrogens with zero attached hydrogens (tertiary/aromatic N) is 1. The van der Waals surface area contributed by atoms with E-state index in [1.54, 1.807) is 0 Å². The summed E-state index contributed by atoms with van der Waals surface area (Å²) in [5.41, 5.74) is 0. The van der Waals surface area contributed by atoms with Crippen molar-refractivity contribution in [2.24, 2.45) is 0 Å². The van der Waals surface area contributed by atoms with Crippen molar-refractivity contribution in [3.8, 4) is 0 Å². The first-order valence-electron chi connectivity index (χ1n) is 2.80. The van der Waals surface area contributed by atoms with Crippen molar-refractivity contribution in [2.45, 2.75) is 10.4 Å². The highest BCUT2D eigenvalue weighted by Gasteiger charge is 2.37. The molecule has 0 aliphatic heterocycles. The molecule has 0 unspecified atom stereocenters. The molecule has 1 rings (SSSR count). The molecule has 0 spiro atoms. The highest BCUT2D eigenvalue weighted by Crippen LogP contribution is 2.38. The normalized spacial score (nSPS) is 13.2. The van der Waals surface area contributed by atoms with Gasteiger partial charge in [0.05, 0.1) is 0 Å². The number of rotatable bonds is 1. The second-order valence-corrected chi connectivity index (χ2v) is 6.54. The minimum Gasteiger partial charge on any atom is -0.224 e. The predicted octanol–water partition coefficient (Wildman–Crippen LogP) is 2.85. The molecule has 0 N–H and O–H groups in total. The average Bonchev–Trinajstić information content (AvgIpc) is 2.27. The zero-order valence-electron chi connectivity index (χ0n) is 5.97. The lowest BCUT2D eigenvalue weighted by Crippen LogP contribution is -2.03. The summed E-state index contributed by atoms with van der Waals surface area (Å²) in [6.07, 6.45) is -4.67. The van der Waals surface area contributed by atoms with E-state index in [2.05, 4.69) is 20.9 Å². The SMILES string of the molecule is O=S(=O)(Cl)c1sc(C(F)(F)F)nc1Br. The summed E-state index contributed by atoms with van der Waals surface area (Å²) < 4.78 is 56.6. The van der Waals surface area contributed by atoms with Gasteiger partial charge in [0.15, 0.2) is 9.22 Å². The topological polar surface area (TPSA) is 47.0 Å². The van der Waals surface area contributed by atoms with Crippen LogP contribution in [-0.4, -0.2) is 13.4 Å². The first-order chi connectivity index (χ1) is 6.12. The van der Waals surface area contributed by atoms with Gasteiger partial charge in [0, 0.05) is 10.7 Å². The smallest absolute Gasteiger partial charge is 0.224 e. The van der Waals surface area contributed by atoms with Gasteiger partial charge in [-0.3, -0.25) is 0 Å². The van der Waals surface area contributed by atoms with Crippen molar-refractivity contribution in [3.05, 3.63) is 9.61 Å². The van der Waals surface area contributed by atoms with Crippen molar-refractivity contribution in [2.75, 3.05) is 0 Å². The third-order valence-corrected chi connectivity index (χ3v) is 5.30. The molecule has 10 heteroatoms. The molecule has 0 radical (unpaired) electrons. The zero-order chi connectivity index (χ0) is 11.1. The van der Waals surface area contributed by atoms with Gasteiger partial charge in [0.25, 0.3) is 9.05 Å². The van der Waals surface area contributed by atoms with Gasteiger partial charge in [0.2, 0.25) is 0 Å². The van der Waals surface area contributed by atoms with Gasteiger partial charge in [-0.05, 0) is 15.9 Å². The van der Waals surface area contributed by atoms with Crippen LogP contribution in [0.15, 0.2) is 8.81 Å². The average molecular weight is 331 g/mol. The van der Waals surface area contributed by atoms with E-state index in [9.17, 15) is 21.6 Å². The molecule has 0 amide bonds. The molecule has 1 aromatic heterocycles. The Kier molecular flexibility index (Phi) is 3.15. The fourth-order valence-corrected chi connectivity index (χ4v) is 3.96. The van der Waals surface area contributed by atoms with Crippen LogP contribution in [0.5, 0.6) is 0 Å². The predicted molar refractivity (Wildman–Crippen MR) is 47.9 cm³/mol. The van der Waals surface area contributed by atoms with Crippen LogP contribution in [0.25, 0.3) is 0 Å². The van der Waals surface area contributed by atoms with Crippen molar-refractivity contribution >= 4 is 47.0 Å². The Hall–Kier alpha value is 0.140. The molecular weight excluding hydrogens is 331 g/mol. The Morgan fingerprint density at radius 2 is 1.93 bits per heavy atom. The first-order valence-corrected chi connectivity index (χ1v) is 6.72. The Morgan fingerprint density at radius 3 is 2.14 bits per heavy atom. The summed E-state index contributed by atoms with van der Waals surface area (Å²) in [6, 6.07) is 0. The van der Waals surface area contributed by atoms with Crippen LogP contribution < -0.4 is 0 Å². The first kappa shape index (κ1) is 12.2. The van der Waals surface area contributed by atoms with Gasteiger partial charge in [-0.25, -0.2) is 13.4 Å². The maximum absolute atomic E-state index is 12.1. The lowest BCUT2D eigenvalue weighted by atomic mass is 10.7. The Bertz CT molecular complexity index is 454. The van der Waals surface area contributed by atoms with Gasteiger partial charge in [-0.15, -0.1) is 0 Å². The van der Waals surface area contributed by atoms with E-state index < -0.39 is 29.0 Å². The van der Waals surface area contributed by atoms with Crippen LogP contribution in [0, 0.1) is 0 Å². The third-order valence-electron chi connectivity index (χ3n) is 1.02. The monoisotopic (exact) mass is 329 g/mol. The fraction of sp³-hybridized carbons (Fsp3) is 0.250. The molecule has 3 nitrogen and oxygen atoms in total. The van der Waals surface area contributed by atoms with Crippen molar-refractivity contribution in [3.63, 3.8) is 0 Å². The molecule has 80 valence electrons. The fourth-order valence-electron chi connectivity index (χ4n) is 0.559. The molecule has 1 aromatic rings. The minimum absolute atomic E-state index is 0.0295. The van der Waals surface area contributed by atoms with Gasteiger partial charge in [0.1, 0.15) is 4.60 Å². The number of hydrogen-bond donors (Lipinski definition) is 0. The van der Waals surface area contributed by atoms with Crippen LogP contribution in [0.2, 0.25) is 0 Å². The highest BCUT2D eigenvalue weighted by molar-refractivity contribution is 9.10. The van der Waals surface area contributed by atoms with Crippen LogP contribution >= 0.6 is 37.9 Å². The molecular formula is C4BrClF3NO2S2. The largest absolute Gasteiger partial charge is 0.443 e. The summed E-state index contributed by atoms with van der Waals surface area (Å²) in [5, 5.41) is -1.26. The molecule has 1 heterocycles. The van der Waals surface area contributed by atoms with E-state index in [0.29, 0.717) is 0 Å². The summed E-state index contributed by atoms with van der Waals surface area (Å²) in [4.78, 5) is 2.99. The van der Waals surface area contributed by atoms with Gasteiger partial charge in [-0.1, -0.05) is 11.3 Å². The van der Waals surface area contributed by atoms with Crippen LogP contribution in [0.1, 0.15) is 5.01 Å². The van der Waals surface area contributed by atoms with Crippen LogP contribution in [0.3, 0.4) is 0 Å². The molecule has 0 fully saturated rings. The van der Waals surface area contributed by atoms with E-state index in [0.717, 1.165) is 0 Å². The van der Waals surface area contributed by atoms with E-state index in [1.807, 2.05) is 0 Å². The molecule has 0 atom stereocenters. The molecule has 14 heavy (non-hydrogen) atoms. The number of thiazole rings is 1. The summed E-state index contributed by atoms with van der Waals surface area (Å²) >= 11 is 2.55.